The summed E-state index contributed by atoms with van der Waals surface area (Å²) in [7, 11) is 3.36. The molecule has 0 aliphatic heterocycles. The molecule has 0 unspecified atom stereocenters. The lowest BCUT2D eigenvalue weighted by atomic mass is 10.3. The molecule has 1 aromatic carbocycles. The molecule has 0 bridgehead atoms. The molecule has 0 fully saturated rings. The average molecular weight is 292 g/mol. The maximum atomic E-state index is 13.7. The number of hydrogen-bond donors (Lipinski definition) is 1. The third kappa shape index (κ3) is 2.00. The van der Waals surface area contributed by atoms with Crippen LogP contribution in [0.5, 0.6) is 5.75 Å². The van der Waals surface area contributed by atoms with Gasteiger partial charge in [-0.05, 0) is 12.2 Å². The van der Waals surface area contributed by atoms with Crippen molar-refractivity contribution in [1.82, 2.24) is 19.1 Å². The number of imidazole rings is 2. The van der Waals surface area contributed by atoms with Crippen LogP contribution in [-0.2, 0) is 13.6 Å². The molecule has 3 aromatic rings. The van der Waals surface area contributed by atoms with Gasteiger partial charge in [-0.3, -0.25) is 0 Å². The summed E-state index contributed by atoms with van der Waals surface area (Å²) >= 11 is 5.30. The Balaban J connectivity index is 2.17. The van der Waals surface area contributed by atoms with Gasteiger partial charge < -0.3 is 18.9 Å². The molecule has 0 radical (unpaired) electrons. The number of aromatic nitrogens is 4. The van der Waals surface area contributed by atoms with Crippen LogP contribution in [0.4, 0.5) is 4.39 Å². The van der Waals surface area contributed by atoms with Crippen molar-refractivity contribution in [2.45, 2.75) is 6.54 Å². The molecule has 104 valence electrons. The summed E-state index contributed by atoms with van der Waals surface area (Å²) in [5, 5.41) is 0. The van der Waals surface area contributed by atoms with E-state index in [1.54, 1.807) is 12.3 Å². The summed E-state index contributed by atoms with van der Waals surface area (Å²) in [6.45, 7) is 0.511. The first-order valence-electron chi connectivity index (χ1n) is 6.02. The Morgan fingerprint density at radius 1 is 1.45 bits per heavy atom. The van der Waals surface area contributed by atoms with Crippen LogP contribution < -0.4 is 4.74 Å². The molecule has 0 aliphatic carbocycles. The molecule has 0 spiro atoms. The number of ether oxygens (including phenoxy) is 1. The third-order valence-electron chi connectivity index (χ3n) is 3.27. The Kier molecular flexibility index (Phi) is 3.06. The molecule has 0 saturated heterocycles. The number of aromatic amines is 1. The van der Waals surface area contributed by atoms with E-state index in [0.717, 1.165) is 11.3 Å². The van der Waals surface area contributed by atoms with E-state index in [9.17, 15) is 4.39 Å². The van der Waals surface area contributed by atoms with E-state index in [2.05, 4.69) is 9.97 Å². The third-order valence-corrected chi connectivity index (χ3v) is 3.59. The number of fused-ring (bicyclic) bond motifs is 1. The molecule has 20 heavy (non-hydrogen) atoms. The highest BCUT2D eigenvalue weighted by atomic mass is 32.1. The zero-order valence-electron chi connectivity index (χ0n) is 11.1. The number of methoxy groups -OCH3 is 1. The minimum absolute atomic E-state index is 0.195. The smallest absolute Gasteiger partial charge is 0.178 e. The largest absolute Gasteiger partial charge is 0.494 e. The fourth-order valence-electron chi connectivity index (χ4n) is 2.16. The van der Waals surface area contributed by atoms with Gasteiger partial charge in [-0.2, -0.15) is 0 Å². The summed E-state index contributed by atoms with van der Waals surface area (Å²) in [5.41, 5.74) is 1.43. The second-order valence-electron chi connectivity index (χ2n) is 4.47. The highest BCUT2D eigenvalue weighted by Gasteiger charge is 2.12. The predicted molar refractivity (Wildman–Crippen MR) is 75.9 cm³/mol. The van der Waals surface area contributed by atoms with Gasteiger partial charge in [0.1, 0.15) is 5.82 Å². The minimum atomic E-state index is -0.416. The van der Waals surface area contributed by atoms with Crippen LogP contribution >= 0.6 is 12.2 Å². The van der Waals surface area contributed by atoms with Crippen molar-refractivity contribution in [1.29, 1.82) is 0 Å². The number of hydrogen-bond acceptors (Lipinski definition) is 3. The quantitative estimate of drug-likeness (QED) is 0.755. The summed E-state index contributed by atoms with van der Waals surface area (Å²) in [5.74, 6) is 0.644. The number of rotatable bonds is 3. The van der Waals surface area contributed by atoms with Crippen LogP contribution in [0.1, 0.15) is 5.82 Å². The van der Waals surface area contributed by atoms with Gasteiger partial charge in [0.05, 0.1) is 24.7 Å². The van der Waals surface area contributed by atoms with Gasteiger partial charge in [0.25, 0.3) is 0 Å². The Bertz CT molecular complexity index is 833. The molecule has 7 heteroatoms. The van der Waals surface area contributed by atoms with Crippen LogP contribution in [0.2, 0.25) is 0 Å². The van der Waals surface area contributed by atoms with E-state index in [-0.39, 0.29) is 5.75 Å². The van der Waals surface area contributed by atoms with E-state index in [0.29, 0.717) is 16.8 Å². The zero-order chi connectivity index (χ0) is 14.3. The van der Waals surface area contributed by atoms with Crippen molar-refractivity contribution < 1.29 is 9.13 Å². The minimum Gasteiger partial charge on any atom is -0.494 e. The Morgan fingerprint density at radius 3 is 2.90 bits per heavy atom. The second kappa shape index (κ2) is 4.75. The van der Waals surface area contributed by atoms with Crippen molar-refractivity contribution in [3.63, 3.8) is 0 Å². The van der Waals surface area contributed by atoms with Crippen LogP contribution in [0.15, 0.2) is 24.5 Å². The topological polar surface area (TPSA) is 47.8 Å². The predicted octanol–water partition coefficient (Wildman–Crippen LogP) is 2.63. The van der Waals surface area contributed by atoms with Crippen molar-refractivity contribution in [2.24, 2.45) is 7.05 Å². The van der Waals surface area contributed by atoms with Gasteiger partial charge in [0, 0.05) is 31.6 Å². The molecule has 0 saturated carbocycles. The lowest BCUT2D eigenvalue weighted by molar-refractivity contribution is 0.387. The number of H-pyrrole nitrogens is 1. The fourth-order valence-corrected chi connectivity index (χ4v) is 2.43. The average Bonchev–Trinajstić information content (AvgIpc) is 2.94. The van der Waals surface area contributed by atoms with E-state index < -0.39 is 5.82 Å². The van der Waals surface area contributed by atoms with Crippen molar-refractivity contribution in [2.75, 3.05) is 7.11 Å². The summed E-state index contributed by atoms with van der Waals surface area (Å²) in [6.07, 6.45) is 3.60. The molecule has 3 rings (SSSR count). The van der Waals surface area contributed by atoms with E-state index >= 15 is 0 Å². The molecule has 0 amide bonds. The highest BCUT2D eigenvalue weighted by Crippen LogP contribution is 2.25. The Morgan fingerprint density at radius 2 is 2.25 bits per heavy atom. The van der Waals surface area contributed by atoms with Crippen LogP contribution in [0.25, 0.3) is 11.0 Å². The van der Waals surface area contributed by atoms with Crippen molar-refractivity contribution in [3.8, 4) is 5.75 Å². The van der Waals surface area contributed by atoms with E-state index in [4.69, 9.17) is 17.0 Å². The summed E-state index contributed by atoms with van der Waals surface area (Å²) in [4.78, 5) is 7.27. The van der Waals surface area contributed by atoms with Gasteiger partial charge in [-0.15, -0.1) is 0 Å². The SMILES string of the molecule is COc1cc2c(cc1F)[nH]c(=S)n2Cc1nccn1C. The van der Waals surface area contributed by atoms with Crippen LogP contribution in [0, 0.1) is 10.6 Å². The van der Waals surface area contributed by atoms with E-state index in [1.165, 1.54) is 13.2 Å². The summed E-state index contributed by atoms with van der Waals surface area (Å²) < 4.78 is 23.0. The van der Waals surface area contributed by atoms with Gasteiger partial charge in [-0.25, -0.2) is 9.37 Å². The first-order valence-corrected chi connectivity index (χ1v) is 6.43. The fraction of sp³-hybridized carbons (Fsp3) is 0.231. The van der Waals surface area contributed by atoms with E-state index in [1.807, 2.05) is 22.4 Å². The maximum Gasteiger partial charge on any atom is 0.178 e. The van der Waals surface area contributed by atoms with Crippen molar-refractivity contribution in [3.05, 3.63) is 40.9 Å². The Labute approximate surface area is 119 Å². The number of halogens is 1. The molecule has 2 heterocycles. The molecular formula is C13H13FN4OS. The van der Waals surface area contributed by atoms with Crippen LogP contribution in [0.3, 0.4) is 0 Å². The summed E-state index contributed by atoms with van der Waals surface area (Å²) in [6, 6.07) is 3.03. The van der Waals surface area contributed by atoms with Gasteiger partial charge in [0.2, 0.25) is 0 Å². The zero-order valence-corrected chi connectivity index (χ0v) is 11.9. The van der Waals surface area contributed by atoms with Crippen molar-refractivity contribution >= 4 is 23.3 Å². The monoisotopic (exact) mass is 292 g/mol. The molecule has 0 aliphatic rings. The first kappa shape index (κ1) is 12.9. The normalized spacial score (nSPS) is 11.2. The molecule has 5 nitrogen and oxygen atoms in total. The maximum absolute atomic E-state index is 13.7. The number of benzene rings is 1. The first-order chi connectivity index (χ1) is 9.60. The molecule has 1 N–H and O–H groups in total. The lowest BCUT2D eigenvalue weighted by Gasteiger charge is -2.06. The molecule has 0 atom stereocenters. The van der Waals surface area contributed by atoms with Gasteiger partial charge in [0.15, 0.2) is 16.3 Å². The Hall–Kier alpha value is -2.15. The number of aryl methyl sites for hydroxylation is 1. The number of nitrogens with zero attached hydrogens (tertiary/aromatic N) is 3. The molecular weight excluding hydrogens is 279 g/mol. The highest BCUT2D eigenvalue weighted by molar-refractivity contribution is 7.71. The molecule has 2 aromatic heterocycles. The number of nitrogens with one attached hydrogen (secondary N) is 1. The van der Waals surface area contributed by atoms with Gasteiger partial charge in [-0.1, -0.05) is 0 Å². The lowest BCUT2D eigenvalue weighted by Crippen LogP contribution is -2.06. The second-order valence-corrected chi connectivity index (χ2v) is 4.86. The standard InChI is InChI=1S/C13H13FN4OS/c1-17-4-3-15-12(17)7-18-10-6-11(19-2)8(14)5-9(10)16-13(18)20/h3-6H,7H2,1-2H3,(H,16,20). The van der Waals surface area contributed by atoms with Gasteiger partial charge >= 0.3 is 0 Å². The van der Waals surface area contributed by atoms with Crippen LogP contribution in [-0.4, -0.2) is 26.2 Å².